The molecule has 5 aromatic rings. The fraction of sp³-hybridized carbons (Fsp3) is 0.143. The highest BCUT2D eigenvalue weighted by Gasteiger charge is 2.20. The van der Waals surface area contributed by atoms with E-state index in [4.69, 9.17) is 23.6 Å². The highest BCUT2D eigenvalue weighted by Crippen LogP contribution is 2.34. The minimum absolute atomic E-state index is 0.247. The quantitative estimate of drug-likeness (QED) is 0.153. The van der Waals surface area contributed by atoms with E-state index in [-0.39, 0.29) is 11.4 Å². The van der Waals surface area contributed by atoms with E-state index in [1.54, 1.807) is 37.3 Å². The van der Waals surface area contributed by atoms with Crippen LogP contribution >= 0.6 is 31.9 Å². The zero-order valence-corrected chi connectivity index (χ0v) is 24.1. The van der Waals surface area contributed by atoms with Gasteiger partial charge in [0.1, 0.15) is 5.58 Å². The summed E-state index contributed by atoms with van der Waals surface area (Å²) in [4.78, 5) is 30.1. The number of hydrogen-bond donors (Lipinski definition) is 0. The van der Waals surface area contributed by atoms with E-state index in [1.807, 2.05) is 30.3 Å². The van der Waals surface area contributed by atoms with Crippen molar-refractivity contribution in [3.63, 3.8) is 0 Å². The van der Waals surface area contributed by atoms with Gasteiger partial charge in [-0.1, -0.05) is 28.1 Å². The molecule has 2 heterocycles. The van der Waals surface area contributed by atoms with Crippen LogP contribution in [-0.4, -0.2) is 42.2 Å². The lowest BCUT2D eigenvalue weighted by Gasteiger charge is -2.16. The second kappa shape index (κ2) is 11.0. The minimum atomic E-state index is -0.843. The zero-order chi connectivity index (χ0) is 27.7. The molecule has 1 atom stereocenters. The highest BCUT2D eigenvalue weighted by atomic mass is 79.9. The van der Waals surface area contributed by atoms with Crippen molar-refractivity contribution in [2.45, 2.75) is 13.0 Å². The third kappa shape index (κ3) is 5.32. The number of aromatic nitrogens is 2. The van der Waals surface area contributed by atoms with Gasteiger partial charge in [0.25, 0.3) is 5.56 Å². The Bertz CT molecular complexity index is 1810. The molecule has 5 rings (SSSR count). The SMILES string of the molecule is COC(=O)[C@H](C)Oc1cc(Br)c(C=Nn2c(-c3cc4cc(Br)ccc4o3)nc3ccccc3c2=O)cc1OC. The summed E-state index contributed by atoms with van der Waals surface area (Å²) in [6.07, 6.45) is 0.658. The first-order valence-electron chi connectivity index (χ1n) is 11.7. The number of hydrogen-bond acceptors (Lipinski definition) is 8. The normalized spacial score (nSPS) is 12.2. The van der Waals surface area contributed by atoms with Crippen LogP contribution in [0.4, 0.5) is 0 Å². The first kappa shape index (κ1) is 26.6. The molecule has 0 saturated heterocycles. The summed E-state index contributed by atoms with van der Waals surface area (Å²) in [6, 6.07) is 17.8. The van der Waals surface area contributed by atoms with Crippen LogP contribution in [0.25, 0.3) is 33.5 Å². The van der Waals surface area contributed by atoms with Crippen LogP contribution in [0, 0.1) is 0 Å². The Kier molecular flexibility index (Phi) is 7.53. The average Bonchev–Trinajstić information content (AvgIpc) is 3.35. The van der Waals surface area contributed by atoms with Gasteiger partial charge in [0.15, 0.2) is 23.4 Å². The standard InChI is InChI=1S/C28H21Br2N3O6/c1-15(28(35)37-3)38-24-13-20(30)17(12-23(24)36-2)14-31-33-26(32-21-7-5-4-6-19(21)27(33)34)25-11-16-10-18(29)8-9-22(16)39-25/h4-15H,1-3H3/t15-/m0/s1. The van der Waals surface area contributed by atoms with Crippen molar-refractivity contribution in [3.8, 4) is 23.1 Å². The van der Waals surface area contributed by atoms with Gasteiger partial charge in [0.2, 0.25) is 5.82 Å². The topological polar surface area (TPSA) is 105 Å². The van der Waals surface area contributed by atoms with E-state index in [9.17, 15) is 9.59 Å². The second-order valence-corrected chi connectivity index (χ2v) is 10.2. The molecule has 0 radical (unpaired) electrons. The Labute approximate surface area is 239 Å². The third-order valence-corrected chi connectivity index (χ3v) is 7.06. The number of methoxy groups -OCH3 is 2. The van der Waals surface area contributed by atoms with Crippen LogP contribution in [-0.2, 0) is 9.53 Å². The fourth-order valence-corrected chi connectivity index (χ4v) is 4.74. The van der Waals surface area contributed by atoms with Gasteiger partial charge in [-0.05, 0) is 71.4 Å². The maximum atomic E-state index is 13.5. The Morgan fingerprint density at radius 3 is 2.64 bits per heavy atom. The van der Waals surface area contributed by atoms with Gasteiger partial charge < -0.3 is 18.6 Å². The van der Waals surface area contributed by atoms with Gasteiger partial charge in [-0.2, -0.15) is 9.78 Å². The molecule has 3 aromatic carbocycles. The molecule has 0 unspecified atom stereocenters. The van der Waals surface area contributed by atoms with Crippen molar-refractivity contribution < 1.29 is 23.4 Å². The second-order valence-electron chi connectivity index (χ2n) is 8.41. The molecule has 0 N–H and O–H groups in total. The van der Waals surface area contributed by atoms with Crippen molar-refractivity contribution in [2.75, 3.05) is 14.2 Å². The largest absolute Gasteiger partial charge is 0.493 e. The molecule has 0 fully saturated rings. The molecule has 0 amide bonds. The molecule has 9 nitrogen and oxygen atoms in total. The molecule has 11 heteroatoms. The van der Waals surface area contributed by atoms with Crippen molar-refractivity contribution in [1.82, 2.24) is 9.66 Å². The molecule has 0 bridgehead atoms. The van der Waals surface area contributed by atoms with Crippen molar-refractivity contribution in [3.05, 3.63) is 85.5 Å². The Morgan fingerprint density at radius 1 is 1.08 bits per heavy atom. The minimum Gasteiger partial charge on any atom is -0.493 e. The van der Waals surface area contributed by atoms with Gasteiger partial charge in [-0.25, -0.2) is 9.78 Å². The lowest BCUT2D eigenvalue weighted by Crippen LogP contribution is -2.25. The van der Waals surface area contributed by atoms with E-state index in [1.165, 1.54) is 25.1 Å². The van der Waals surface area contributed by atoms with E-state index in [0.717, 1.165) is 9.86 Å². The summed E-state index contributed by atoms with van der Waals surface area (Å²) in [5.41, 5.74) is 1.40. The number of ether oxygens (including phenoxy) is 3. The summed E-state index contributed by atoms with van der Waals surface area (Å²) in [5.74, 6) is 0.811. The number of fused-ring (bicyclic) bond motifs is 2. The molecule has 0 aliphatic heterocycles. The lowest BCUT2D eigenvalue weighted by molar-refractivity contribution is -0.147. The Balaban J connectivity index is 1.61. The summed E-state index contributed by atoms with van der Waals surface area (Å²) in [5, 5.41) is 5.77. The van der Waals surface area contributed by atoms with Crippen molar-refractivity contribution >= 4 is 65.9 Å². The number of carbonyl (C=O) groups is 1. The van der Waals surface area contributed by atoms with Crippen molar-refractivity contribution in [1.29, 1.82) is 0 Å². The fourth-order valence-electron chi connectivity index (χ4n) is 3.94. The summed E-state index contributed by atoms with van der Waals surface area (Å²) in [6.45, 7) is 1.58. The number of para-hydroxylation sites is 1. The van der Waals surface area contributed by atoms with Gasteiger partial charge >= 0.3 is 5.97 Å². The Morgan fingerprint density at radius 2 is 1.87 bits per heavy atom. The molecule has 0 spiro atoms. The molecular formula is C28H21Br2N3O6. The van der Waals surface area contributed by atoms with Crippen LogP contribution in [0.1, 0.15) is 12.5 Å². The predicted molar refractivity (Wildman–Crippen MR) is 155 cm³/mol. The number of furan rings is 1. The number of nitrogens with zero attached hydrogens (tertiary/aromatic N) is 3. The average molecular weight is 655 g/mol. The number of benzene rings is 3. The number of carbonyl (C=O) groups excluding carboxylic acids is 1. The molecule has 2 aromatic heterocycles. The highest BCUT2D eigenvalue weighted by molar-refractivity contribution is 9.10. The van der Waals surface area contributed by atoms with Gasteiger partial charge in [0.05, 0.1) is 31.3 Å². The van der Waals surface area contributed by atoms with E-state index in [0.29, 0.717) is 43.8 Å². The molecule has 0 aliphatic carbocycles. The molecule has 0 aliphatic rings. The lowest BCUT2D eigenvalue weighted by atomic mass is 10.2. The number of esters is 1. The first-order chi connectivity index (χ1) is 18.8. The maximum Gasteiger partial charge on any atom is 0.346 e. The summed E-state index contributed by atoms with van der Waals surface area (Å²) in [7, 11) is 2.77. The molecule has 0 saturated carbocycles. The smallest absolute Gasteiger partial charge is 0.346 e. The number of rotatable bonds is 7. The van der Waals surface area contributed by atoms with Gasteiger partial charge in [-0.15, -0.1) is 0 Å². The zero-order valence-electron chi connectivity index (χ0n) is 21.0. The van der Waals surface area contributed by atoms with E-state index in [2.05, 4.69) is 37.0 Å². The Hall–Kier alpha value is -3.96. The molecule has 198 valence electrons. The molecule has 39 heavy (non-hydrogen) atoms. The van der Waals surface area contributed by atoms with Crippen LogP contribution < -0.4 is 15.0 Å². The summed E-state index contributed by atoms with van der Waals surface area (Å²) < 4.78 is 24.7. The van der Waals surface area contributed by atoms with Crippen LogP contribution in [0.2, 0.25) is 0 Å². The van der Waals surface area contributed by atoms with Crippen LogP contribution in [0.15, 0.2) is 83.9 Å². The number of halogens is 2. The van der Waals surface area contributed by atoms with Gasteiger partial charge in [0, 0.05) is 19.9 Å². The first-order valence-corrected chi connectivity index (χ1v) is 13.2. The van der Waals surface area contributed by atoms with Crippen LogP contribution in [0.5, 0.6) is 11.5 Å². The maximum absolute atomic E-state index is 13.5. The third-order valence-electron chi connectivity index (χ3n) is 5.88. The van der Waals surface area contributed by atoms with Crippen LogP contribution in [0.3, 0.4) is 0 Å². The van der Waals surface area contributed by atoms with Crippen molar-refractivity contribution in [2.24, 2.45) is 5.10 Å². The monoisotopic (exact) mass is 653 g/mol. The van der Waals surface area contributed by atoms with Gasteiger partial charge in [-0.3, -0.25) is 4.79 Å². The molecular weight excluding hydrogens is 634 g/mol. The summed E-state index contributed by atoms with van der Waals surface area (Å²) >= 11 is 6.98. The predicted octanol–water partition coefficient (Wildman–Crippen LogP) is 6.17. The van der Waals surface area contributed by atoms with E-state index >= 15 is 0 Å². The van der Waals surface area contributed by atoms with E-state index < -0.39 is 12.1 Å².